The average molecular weight is 473 g/mol. The number of hydrogen-bond donors (Lipinski definition) is 2. The van der Waals surface area contributed by atoms with Crippen molar-refractivity contribution in [3.8, 4) is 5.75 Å². The molecule has 0 aromatic heterocycles. The second kappa shape index (κ2) is 11.0. The lowest BCUT2D eigenvalue weighted by Crippen LogP contribution is -2.51. The summed E-state index contributed by atoms with van der Waals surface area (Å²) in [6.07, 6.45) is 1.41. The number of carbonyl (C=O) groups excluding carboxylic acids is 3. The van der Waals surface area contributed by atoms with Crippen molar-refractivity contribution in [1.29, 1.82) is 0 Å². The molecule has 4 amide bonds. The van der Waals surface area contributed by atoms with E-state index < -0.39 is 5.91 Å². The van der Waals surface area contributed by atoms with E-state index in [1.807, 2.05) is 19.1 Å². The van der Waals surface area contributed by atoms with Crippen molar-refractivity contribution in [2.45, 2.75) is 26.4 Å². The molecule has 1 unspecified atom stereocenters. The maximum Gasteiger partial charge on any atom is 0.319 e. The van der Waals surface area contributed by atoms with Crippen LogP contribution in [0.5, 0.6) is 5.75 Å². The van der Waals surface area contributed by atoms with Gasteiger partial charge in [-0.15, -0.1) is 0 Å². The zero-order valence-corrected chi connectivity index (χ0v) is 19.8. The first-order chi connectivity index (χ1) is 15.7. The number of rotatable bonds is 5. The normalized spacial score (nSPS) is 15.5. The van der Waals surface area contributed by atoms with Crippen molar-refractivity contribution < 1.29 is 19.1 Å². The summed E-state index contributed by atoms with van der Waals surface area (Å²) >= 11 is 6.03. The van der Waals surface area contributed by atoms with Crippen LogP contribution in [0.15, 0.2) is 42.5 Å². The summed E-state index contributed by atoms with van der Waals surface area (Å²) in [4.78, 5) is 40.2. The molecule has 1 aliphatic heterocycles. The predicted octanol–water partition coefficient (Wildman–Crippen LogP) is 3.38. The summed E-state index contributed by atoms with van der Waals surface area (Å²) in [6.45, 7) is 3.22. The minimum absolute atomic E-state index is 0.119. The average Bonchev–Trinajstić information content (AvgIpc) is 2.82. The lowest BCUT2D eigenvalue weighted by atomic mass is 9.97. The summed E-state index contributed by atoms with van der Waals surface area (Å²) < 4.78 is 5.77. The summed E-state index contributed by atoms with van der Waals surface area (Å²) in [5.74, 6) is -0.363. The fraction of sp³-hybridized carbons (Fsp3) is 0.375. The third kappa shape index (κ3) is 6.61. The summed E-state index contributed by atoms with van der Waals surface area (Å²) in [6, 6.07) is 12.3. The first-order valence-electron chi connectivity index (χ1n) is 10.8. The molecule has 2 aromatic carbocycles. The molecular weight excluding hydrogens is 444 g/mol. The minimum Gasteiger partial charge on any atom is -0.489 e. The molecular formula is C24H29ClN4O4. The molecule has 1 saturated heterocycles. The van der Waals surface area contributed by atoms with Gasteiger partial charge in [0.2, 0.25) is 5.91 Å². The van der Waals surface area contributed by atoms with E-state index in [1.54, 1.807) is 49.3 Å². The Morgan fingerprint density at radius 2 is 1.85 bits per heavy atom. The van der Waals surface area contributed by atoms with Crippen molar-refractivity contribution in [3.63, 3.8) is 0 Å². The Hall–Kier alpha value is -3.26. The molecule has 0 saturated carbocycles. The van der Waals surface area contributed by atoms with Crippen molar-refractivity contribution in [2.24, 2.45) is 5.92 Å². The van der Waals surface area contributed by atoms with Gasteiger partial charge in [0.15, 0.2) is 0 Å². The van der Waals surface area contributed by atoms with E-state index in [0.717, 1.165) is 23.3 Å². The van der Waals surface area contributed by atoms with Gasteiger partial charge in [-0.25, -0.2) is 4.79 Å². The Kier molecular flexibility index (Phi) is 8.16. The van der Waals surface area contributed by atoms with Crippen molar-refractivity contribution >= 4 is 29.4 Å². The zero-order chi connectivity index (χ0) is 24.0. The second-order valence-corrected chi connectivity index (χ2v) is 8.71. The molecule has 1 fully saturated rings. The highest BCUT2D eigenvalue weighted by atomic mass is 35.5. The fourth-order valence-electron chi connectivity index (χ4n) is 3.57. The molecule has 33 heavy (non-hydrogen) atoms. The van der Waals surface area contributed by atoms with E-state index in [1.165, 1.54) is 4.90 Å². The maximum atomic E-state index is 12.5. The molecule has 8 nitrogen and oxygen atoms in total. The lowest BCUT2D eigenvalue weighted by molar-refractivity contribution is -0.127. The van der Waals surface area contributed by atoms with Crippen LogP contribution in [0, 0.1) is 12.8 Å². The topological polar surface area (TPSA) is 91.0 Å². The zero-order valence-electron chi connectivity index (χ0n) is 19.1. The Bertz CT molecular complexity index is 1010. The lowest BCUT2D eigenvalue weighted by Gasteiger charge is -2.33. The van der Waals surface area contributed by atoms with Gasteiger partial charge in [0, 0.05) is 37.8 Å². The van der Waals surface area contributed by atoms with Crippen LogP contribution in [-0.2, 0) is 11.4 Å². The highest BCUT2D eigenvalue weighted by Crippen LogP contribution is 2.22. The summed E-state index contributed by atoms with van der Waals surface area (Å²) in [5.41, 5.74) is 7.19. The molecule has 0 bridgehead atoms. The molecule has 0 spiro atoms. The minimum atomic E-state index is -0.416. The van der Waals surface area contributed by atoms with Gasteiger partial charge in [-0.2, -0.15) is 0 Å². The number of aryl methyl sites for hydroxylation is 1. The van der Waals surface area contributed by atoms with Gasteiger partial charge in [0.05, 0.1) is 5.92 Å². The number of ether oxygens (including phenoxy) is 1. The maximum absolute atomic E-state index is 12.5. The smallest absolute Gasteiger partial charge is 0.319 e. The molecule has 0 aliphatic carbocycles. The van der Waals surface area contributed by atoms with E-state index >= 15 is 0 Å². The number of amides is 4. The third-order valence-corrected chi connectivity index (χ3v) is 5.92. The number of hydrazine groups is 1. The quantitative estimate of drug-likeness (QED) is 0.652. The number of benzene rings is 2. The third-order valence-electron chi connectivity index (χ3n) is 5.50. The van der Waals surface area contributed by atoms with Crippen molar-refractivity contribution in [3.05, 3.63) is 64.2 Å². The monoisotopic (exact) mass is 472 g/mol. The predicted molar refractivity (Wildman–Crippen MR) is 126 cm³/mol. The Balaban J connectivity index is 1.47. The molecule has 2 aromatic rings. The number of nitrogens with zero attached hydrogens (tertiary/aromatic N) is 2. The number of nitrogens with one attached hydrogen (secondary N) is 2. The Morgan fingerprint density at radius 1 is 1.12 bits per heavy atom. The standard InChI is InChI=1S/C24H29ClN4O4/c1-16-13-20(10-11-21(16)25)33-15-17-6-8-18(9-7-17)22(30)26-27-23(31)19-5-4-12-29(14-19)24(32)28(2)3/h6-11,13,19H,4-5,12,14-15H2,1-3H3,(H,26,30)(H,27,31). The number of halogens is 1. The number of urea groups is 1. The number of piperidine rings is 1. The van der Waals surface area contributed by atoms with Gasteiger partial charge in [0.25, 0.3) is 5.91 Å². The number of likely N-dealkylation sites (tertiary alicyclic amines) is 1. The van der Waals surface area contributed by atoms with Crippen LogP contribution in [0.25, 0.3) is 0 Å². The van der Waals surface area contributed by atoms with Gasteiger partial charge < -0.3 is 14.5 Å². The highest BCUT2D eigenvalue weighted by Gasteiger charge is 2.29. The molecule has 9 heteroatoms. The Morgan fingerprint density at radius 3 is 2.52 bits per heavy atom. The molecule has 1 aliphatic rings. The SMILES string of the molecule is Cc1cc(OCc2ccc(C(=O)NNC(=O)C3CCCN(C(=O)N(C)C)C3)cc2)ccc1Cl. The van der Waals surface area contributed by atoms with E-state index in [4.69, 9.17) is 16.3 Å². The summed E-state index contributed by atoms with van der Waals surface area (Å²) in [5, 5.41) is 0.688. The van der Waals surface area contributed by atoms with E-state index in [0.29, 0.717) is 36.7 Å². The first-order valence-corrected chi connectivity index (χ1v) is 11.2. The van der Waals surface area contributed by atoms with E-state index in [9.17, 15) is 14.4 Å². The van der Waals surface area contributed by atoms with Gasteiger partial charge in [0.1, 0.15) is 12.4 Å². The molecule has 176 valence electrons. The van der Waals surface area contributed by atoms with Crippen LogP contribution in [0.3, 0.4) is 0 Å². The van der Waals surface area contributed by atoms with Crippen LogP contribution < -0.4 is 15.6 Å². The van der Waals surface area contributed by atoms with Crippen LogP contribution in [0.1, 0.15) is 34.3 Å². The Labute approximate surface area is 198 Å². The molecule has 1 heterocycles. The fourth-order valence-corrected chi connectivity index (χ4v) is 3.68. The van der Waals surface area contributed by atoms with Crippen molar-refractivity contribution in [2.75, 3.05) is 27.2 Å². The van der Waals surface area contributed by atoms with Crippen LogP contribution in [0.2, 0.25) is 5.02 Å². The van der Waals surface area contributed by atoms with Crippen LogP contribution >= 0.6 is 11.6 Å². The number of carbonyl (C=O) groups is 3. The largest absolute Gasteiger partial charge is 0.489 e. The van der Waals surface area contributed by atoms with Crippen molar-refractivity contribution in [1.82, 2.24) is 20.7 Å². The van der Waals surface area contributed by atoms with Crippen LogP contribution in [0.4, 0.5) is 4.79 Å². The molecule has 0 radical (unpaired) electrons. The highest BCUT2D eigenvalue weighted by molar-refractivity contribution is 6.31. The summed E-state index contributed by atoms with van der Waals surface area (Å²) in [7, 11) is 3.37. The molecule has 3 rings (SSSR count). The second-order valence-electron chi connectivity index (χ2n) is 8.30. The molecule has 1 atom stereocenters. The first kappa shape index (κ1) is 24.4. The van der Waals surface area contributed by atoms with Crippen LogP contribution in [-0.4, -0.2) is 54.8 Å². The number of hydrogen-bond acceptors (Lipinski definition) is 4. The van der Waals surface area contributed by atoms with Gasteiger partial charge in [-0.1, -0.05) is 23.7 Å². The van der Waals surface area contributed by atoms with E-state index in [2.05, 4.69) is 10.9 Å². The molecule has 2 N–H and O–H groups in total. The van der Waals surface area contributed by atoms with Gasteiger partial charge >= 0.3 is 6.03 Å². The van der Waals surface area contributed by atoms with E-state index in [-0.39, 0.29) is 17.9 Å². The van der Waals surface area contributed by atoms with Gasteiger partial charge in [-0.05, 0) is 61.2 Å². The van der Waals surface area contributed by atoms with Gasteiger partial charge in [-0.3, -0.25) is 20.4 Å².